The molecule has 5 heteroatoms. The van der Waals surface area contributed by atoms with Gasteiger partial charge in [0.25, 0.3) is 0 Å². The number of rotatable bonds is 2. The molecule has 0 radical (unpaired) electrons. The van der Waals surface area contributed by atoms with Crippen LogP contribution in [0, 0.1) is 10.2 Å². The van der Waals surface area contributed by atoms with Gasteiger partial charge in [0.15, 0.2) is 10.4 Å². The molecule has 18 heavy (non-hydrogen) atoms. The van der Waals surface area contributed by atoms with Gasteiger partial charge in [-0.1, -0.05) is 27.7 Å². The molecule has 0 amide bonds. The Morgan fingerprint density at radius 3 is 2.50 bits per heavy atom. The molecule has 0 bridgehead atoms. The van der Waals surface area contributed by atoms with Gasteiger partial charge < -0.3 is 4.98 Å². The van der Waals surface area contributed by atoms with E-state index in [4.69, 9.17) is 12.2 Å². The first-order valence-electron chi connectivity index (χ1n) is 6.43. The maximum absolute atomic E-state index is 5.49. The van der Waals surface area contributed by atoms with Crippen LogP contribution in [0.1, 0.15) is 46.4 Å². The van der Waals surface area contributed by atoms with Crippen molar-refractivity contribution in [2.75, 3.05) is 0 Å². The minimum Gasteiger partial charge on any atom is -0.328 e. The molecule has 0 aromatic carbocycles. The van der Waals surface area contributed by atoms with Crippen LogP contribution in [0.25, 0.3) is 11.2 Å². The Hall–Kier alpha value is -1.10. The molecule has 2 heterocycles. The van der Waals surface area contributed by atoms with Gasteiger partial charge in [0.05, 0.1) is 5.69 Å². The summed E-state index contributed by atoms with van der Waals surface area (Å²) in [7, 11) is 1.98. The molecule has 4 nitrogen and oxygen atoms in total. The summed E-state index contributed by atoms with van der Waals surface area (Å²) in [6.45, 7) is 11.0. The summed E-state index contributed by atoms with van der Waals surface area (Å²) in [4.78, 5) is 3.31. The molecule has 1 N–H and O–H groups in total. The number of aromatic amines is 1. The molecule has 100 valence electrons. The Morgan fingerprint density at radius 1 is 1.39 bits per heavy atom. The Kier molecular flexibility index (Phi) is 3.13. The van der Waals surface area contributed by atoms with Crippen molar-refractivity contribution in [2.45, 2.75) is 47.1 Å². The second-order valence-corrected chi connectivity index (χ2v) is 6.35. The van der Waals surface area contributed by atoms with E-state index in [0.717, 1.165) is 28.0 Å². The summed E-state index contributed by atoms with van der Waals surface area (Å²) >= 11 is 5.49. The standard InChI is InChI=1S/C13H22N4S/c1-7-9-10-11(16(6)15-9)17(12(18)14-10)8(2)13(3,4)5/h8H,7H2,1-6H3,(H,14,18). The number of aromatic nitrogens is 4. The average Bonchev–Trinajstić information content (AvgIpc) is 2.74. The fourth-order valence-corrected chi connectivity index (χ4v) is 2.58. The van der Waals surface area contributed by atoms with E-state index in [0.29, 0.717) is 6.04 Å². The predicted octanol–water partition coefficient (Wildman–Crippen LogP) is 3.60. The summed E-state index contributed by atoms with van der Waals surface area (Å²) in [5.41, 5.74) is 3.42. The number of hydrogen-bond acceptors (Lipinski definition) is 2. The molecule has 0 aliphatic rings. The molecule has 0 saturated carbocycles. The molecule has 2 rings (SSSR count). The zero-order valence-electron chi connectivity index (χ0n) is 12.0. The molecular formula is C13H22N4S. The van der Waals surface area contributed by atoms with Crippen LogP contribution in [-0.4, -0.2) is 19.3 Å². The van der Waals surface area contributed by atoms with E-state index in [1.54, 1.807) is 0 Å². The van der Waals surface area contributed by atoms with Crippen LogP contribution in [0.4, 0.5) is 0 Å². The minimum absolute atomic E-state index is 0.157. The lowest BCUT2D eigenvalue weighted by atomic mass is 9.88. The van der Waals surface area contributed by atoms with E-state index < -0.39 is 0 Å². The van der Waals surface area contributed by atoms with Crippen molar-refractivity contribution >= 4 is 23.4 Å². The molecule has 1 atom stereocenters. The highest BCUT2D eigenvalue weighted by molar-refractivity contribution is 7.71. The number of hydrogen-bond donors (Lipinski definition) is 1. The van der Waals surface area contributed by atoms with Crippen molar-refractivity contribution in [2.24, 2.45) is 12.5 Å². The summed E-state index contributed by atoms with van der Waals surface area (Å²) in [6, 6.07) is 0.318. The van der Waals surface area contributed by atoms with E-state index in [9.17, 15) is 0 Å². The molecular weight excluding hydrogens is 244 g/mol. The van der Waals surface area contributed by atoms with E-state index in [1.807, 2.05) is 11.7 Å². The van der Waals surface area contributed by atoms with Crippen LogP contribution in [0.3, 0.4) is 0 Å². The van der Waals surface area contributed by atoms with Gasteiger partial charge in [-0.2, -0.15) is 5.10 Å². The fourth-order valence-electron chi connectivity index (χ4n) is 2.23. The summed E-state index contributed by atoms with van der Waals surface area (Å²) in [5, 5.41) is 4.55. The molecule has 0 saturated heterocycles. The second-order valence-electron chi connectivity index (χ2n) is 5.96. The monoisotopic (exact) mass is 266 g/mol. The van der Waals surface area contributed by atoms with Gasteiger partial charge in [-0.05, 0) is 31.0 Å². The number of imidazole rings is 1. The van der Waals surface area contributed by atoms with Crippen LogP contribution in [0.15, 0.2) is 0 Å². The Balaban J connectivity index is 2.75. The third-order valence-corrected chi connectivity index (χ3v) is 4.04. The van der Waals surface area contributed by atoms with Crippen molar-refractivity contribution in [1.82, 2.24) is 19.3 Å². The zero-order valence-corrected chi connectivity index (χ0v) is 12.9. The van der Waals surface area contributed by atoms with Crippen molar-refractivity contribution in [3.63, 3.8) is 0 Å². The first kappa shape index (κ1) is 13.3. The highest BCUT2D eigenvalue weighted by Gasteiger charge is 2.26. The summed E-state index contributed by atoms with van der Waals surface area (Å²) < 4.78 is 4.91. The number of fused-ring (bicyclic) bond motifs is 1. The molecule has 2 aromatic heterocycles. The molecule has 1 unspecified atom stereocenters. The van der Waals surface area contributed by atoms with Gasteiger partial charge in [-0.15, -0.1) is 0 Å². The maximum atomic E-state index is 5.49. The van der Waals surface area contributed by atoms with Crippen molar-refractivity contribution in [3.05, 3.63) is 10.5 Å². The van der Waals surface area contributed by atoms with E-state index in [-0.39, 0.29) is 5.41 Å². The zero-order chi connectivity index (χ0) is 13.7. The maximum Gasteiger partial charge on any atom is 0.179 e. The van der Waals surface area contributed by atoms with Crippen LogP contribution in [0.5, 0.6) is 0 Å². The third kappa shape index (κ3) is 1.90. The molecule has 2 aromatic rings. The van der Waals surface area contributed by atoms with Crippen LogP contribution in [-0.2, 0) is 13.5 Å². The van der Waals surface area contributed by atoms with Gasteiger partial charge in [-0.3, -0.25) is 9.25 Å². The van der Waals surface area contributed by atoms with Crippen LogP contribution >= 0.6 is 12.2 Å². The van der Waals surface area contributed by atoms with Crippen LogP contribution in [0.2, 0.25) is 0 Å². The first-order chi connectivity index (χ1) is 8.27. The summed E-state index contributed by atoms with van der Waals surface area (Å²) in [5.74, 6) is 0. The fraction of sp³-hybridized carbons (Fsp3) is 0.692. The Labute approximate surface area is 113 Å². The quantitative estimate of drug-likeness (QED) is 0.843. The number of aryl methyl sites for hydroxylation is 2. The second kappa shape index (κ2) is 4.23. The lowest BCUT2D eigenvalue weighted by molar-refractivity contribution is 0.263. The van der Waals surface area contributed by atoms with E-state index >= 15 is 0 Å². The molecule has 0 fully saturated rings. The molecule has 0 spiro atoms. The smallest absolute Gasteiger partial charge is 0.179 e. The predicted molar refractivity (Wildman–Crippen MR) is 77.4 cm³/mol. The highest BCUT2D eigenvalue weighted by atomic mass is 32.1. The highest BCUT2D eigenvalue weighted by Crippen LogP contribution is 2.33. The molecule has 0 aliphatic carbocycles. The third-order valence-electron chi connectivity index (χ3n) is 3.74. The molecule has 0 aliphatic heterocycles. The van der Waals surface area contributed by atoms with Crippen molar-refractivity contribution in [3.8, 4) is 0 Å². The van der Waals surface area contributed by atoms with Crippen LogP contribution < -0.4 is 0 Å². The minimum atomic E-state index is 0.157. The largest absolute Gasteiger partial charge is 0.328 e. The lowest BCUT2D eigenvalue weighted by Crippen LogP contribution is -2.22. The van der Waals surface area contributed by atoms with E-state index in [2.05, 4.69) is 49.3 Å². The number of nitrogens with zero attached hydrogens (tertiary/aromatic N) is 3. The van der Waals surface area contributed by atoms with Gasteiger partial charge in [0.1, 0.15) is 5.52 Å². The summed E-state index contributed by atoms with van der Waals surface area (Å²) in [6.07, 6.45) is 0.913. The van der Waals surface area contributed by atoms with Gasteiger partial charge in [0.2, 0.25) is 0 Å². The normalized spacial score (nSPS) is 14.3. The Bertz CT molecular complexity index is 624. The van der Waals surface area contributed by atoms with Gasteiger partial charge in [0, 0.05) is 13.1 Å². The van der Waals surface area contributed by atoms with Crippen molar-refractivity contribution < 1.29 is 0 Å². The topological polar surface area (TPSA) is 38.5 Å². The Morgan fingerprint density at radius 2 is 2.00 bits per heavy atom. The SMILES string of the molecule is CCc1nn(C)c2c1[nH]c(=S)n2C(C)C(C)(C)C. The lowest BCUT2D eigenvalue weighted by Gasteiger charge is -2.28. The number of nitrogens with one attached hydrogen (secondary N) is 1. The van der Waals surface area contributed by atoms with Gasteiger partial charge >= 0.3 is 0 Å². The average molecular weight is 266 g/mol. The van der Waals surface area contributed by atoms with Gasteiger partial charge in [-0.25, -0.2) is 0 Å². The first-order valence-corrected chi connectivity index (χ1v) is 6.84. The number of H-pyrrole nitrogens is 1. The van der Waals surface area contributed by atoms with Crippen molar-refractivity contribution in [1.29, 1.82) is 0 Å². The van der Waals surface area contributed by atoms with E-state index in [1.165, 1.54) is 0 Å².